The Morgan fingerprint density at radius 1 is 1.11 bits per heavy atom. The fourth-order valence-corrected chi connectivity index (χ4v) is 6.15. The highest BCUT2D eigenvalue weighted by atomic mass is 16.3. The summed E-state index contributed by atoms with van der Waals surface area (Å²) in [7, 11) is 7.15. The van der Waals surface area contributed by atoms with E-state index < -0.39 is 35.0 Å². The zero-order valence-electron chi connectivity index (χ0n) is 22.7. The second kappa shape index (κ2) is 9.15. The average molecular weight is 514 g/mol. The van der Waals surface area contributed by atoms with Gasteiger partial charge in [-0.25, -0.2) is 0 Å². The van der Waals surface area contributed by atoms with Crippen LogP contribution in [0.5, 0.6) is 5.75 Å². The monoisotopic (exact) mass is 513 g/mol. The van der Waals surface area contributed by atoms with Crippen molar-refractivity contribution >= 4 is 23.0 Å². The van der Waals surface area contributed by atoms with Gasteiger partial charge in [-0.2, -0.15) is 0 Å². The number of nitrogens with one attached hydrogen (secondary N) is 1. The highest BCUT2D eigenvalue weighted by molar-refractivity contribution is 6.13. The molecular weight excluding hydrogens is 474 g/mol. The molecule has 1 saturated carbocycles. The van der Waals surface area contributed by atoms with Gasteiger partial charge in [0.1, 0.15) is 17.3 Å². The van der Waals surface area contributed by atoms with Crippen LogP contribution >= 0.6 is 0 Å². The lowest BCUT2D eigenvalue weighted by atomic mass is 9.58. The van der Waals surface area contributed by atoms with Gasteiger partial charge >= 0.3 is 0 Å². The van der Waals surface area contributed by atoms with E-state index in [1.54, 1.807) is 19.0 Å². The van der Waals surface area contributed by atoms with Crippen molar-refractivity contribution in [3.63, 3.8) is 0 Å². The summed E-state index contributed by atoms with van der Waals surface area (Å²) >= 11 is 0. The van der Waals surface area contributed by atoms with Crippen molar-refractivity contribution in [1.29, 1.82) is 0 Å². The van der Waals surface area contributed by atoms with Crippen LogP contribution in [0.3, 0.4) is 0 Å². The van der Waals surface area contributed by atoms with E-state index >= 15 is 0 Å². The molecular formula is C28H39N3O6. The summed E-state index contributed by atoms with van der Waals surface area (Å²) < 4.78 is 0. The predicted molar refractivity (Wildman–Crippen MR) is 142 cm³/mol. The van der Waals surface area contributed by atoms with Crippen molar-refractivity contribution in [1.82, 2.24) is 10.2 Å². The van der Waals surface area contributed by atoms with Gasteiger partial charge in [0.25, 0.3) is 0 Å². The minimum Gasteiger partial charge on any atom is -0.509 e. The van der Waals surface area contributed by atoms with Crippen molar-refractivity contribution < 1.29 is 30.0 Å². The van der Waals surface area contributed by atoms with Gasteiger partial charge < -0.3 is 30.6 Å². The van der Waals surface area contributed by atoms with Gasteiger partial charge in [0.05, 0.1) is 11.6 Å². The molecule has 1 unspecified atom stereocenters. The van der Waals surface area contributed by atoms with Crippen LogP contribution < -0.4 is 10.2 Å². The number of phenolic OH excluding ortho intramolecular Hbond substituents is 1. The first-order chi connectivity index (χ1) is 17.1. The zero-order valence-corrected chi connectivity index (χ0v) is 22.7. The smallest absolute Gasteiger partial charge is 0.202 e. The van der Waals surface area contributed by atoms with Crippen LogP contribution in [0.1, 0.15) is 43.9 Å². The van der Waals surface area contributed by atoms with Gasteiger partial charge in [0.15, 0.2) is 11.4 Å². The number of aromatic hydroxyl groups is 1. The van der Waals surface area contributed by atoms with Gasteiger partial charge in [-0.15, -0.1) is 0 Å². The van der Waals surface area contributed by atoms with E-state index in [0.717, 1.165) is 11.8 Å². The maximum absolute atomic E-state index is 13.8. The van der Waals surface area contributed by atoms with E-state index in [1.807, 2.05) is 25.1 Å². The van der Waals surface area contributed by atoms with Crippen LogP contribution in [-0.4, -0.2) is 83.3 Å². The third-order valence-electron chi connectivity index (χ3n) is 7.83. The Labute approximate surface area is 218 Å². The van der Waals surface area contributed by atoms with Crippen molar-refractivity contribution in [3.05, 3.63) is 40.2 Å². The number of ketones is 2. The number of aliphatic hydroxyl groups is 3. The van der Waals surface area contributed by atoms with Crippen LogP contribution in [0.25, 0.3) is 5.76 Å². The average Bonchev–Trinajstić information content (AvgIpc) is 2.76. The van der Waals surface area contributed by atoms with Gasteiger partial charge in [0, 0.05) is 56.0 Å². The summed E-state index contributed by atoms with van der Waals surface area (Å²) in [6.45, 7) is 7.37. The number of aliphatic hydroxyl groups excluding tert-OH is 2. The molecule has 0 bridgehead atoms. The van der Waals surface area contributed by atoms with Gasteiger partial charge in [-0.3, -0.25) is 14.5 Å². The highest BCUT2D eigenvalue weighted by Gasteiger charge is 2.61. The first-order valence-corrected chi connectivity index (χ1v) is 12.7. The molecule has 0 spiro atoms. The molecule has 202 valence electrons. The molecule has 3 aliphatic carbocycles. The number of hydrogen-bond donors (Lipinski definition) is 5. The first kappa shape index (κ1) is 27.2. The lowest BCUT2D eigenvalue weighted by molar-refractivity contribution is -0.152. The number of hydrogen-bond acceptors (Lipinski definition) is 9. The minimum absolute atomic E-state index is 0.0159. The number of fused-ring (bicyclic) bond motifs is 3. The molecule has 3 aliphatic rings. The molecule has 0 radical (unpaired) electrons. The lowest BCUT2D eigenvalue weighted by Gasteiger charge is -2.49. The molecule has 4 rings (SSSR count). The molecule has 0 heterocycles. The van der Waals surface area contributed by atoms with Gasteiger partial charge in [0.2, 0.25) is 5.78 Å². The topological polar surface area (TPSA) is 134 Å². The second-order valence-electron chi connectivity index (χ2n) is 12.3. The Morgan fingerprint density at radius 3 is 2.32 bits per heavy atom. The van der Waals surface area contributed by atoms with E-state index in [0.29, 0.717) is 30.6 Å². The normalized spacial score (nSPS) is 27.6. The number of rotatable bonds is 5. The third-order valence-corrected chi connectivity index (χ3v) is 7.83. The van der Waals surface area contributed by atoms with Crippen LogP contribution in [-0.2, 0) is 22.6 Å². The summed E-state index contributed by atoms with van der Waals surface area (Å²) in [5.74, 6) is -3.77. The lowest BCUT2D eigenvalue weighted by Crippen LogP contribution is -2.64. The number of carbonyl (C=O) groups excluding carboxylic acids is 2. The van der Waals surface area contributed by atoms with Crippen molar-refractivity contribution in [2.24, 2.45) is 17.3 Å². The van der Waals surface area contributed by atoms with E-state index in [9.17, 15) is 30.0 Å². The Morgan fingerprint density at radius 2 is 1.76 bits per heavy atom. The summed E-state index contributed by atoms with van der Waals surface area (Å²) in [6.07, 6.45) is 1.45. The highest BCUT2D eigenvalue weighted by Crippen LogP contribution is 2.53. The summed E-state index contributed by atoms with van der Waals surface area (Å²) in [5, 5.41) is 48.3. The van der Waals surface area contributed by atoms with E-state index in [-0.39, 0.29) is 40.3 Å². The number of carbonyl (C=O) groups is 2. The first-order valence-electron chi connectivity index (χ1n) is 12.7. The van der Waals surface area contributed by atoms with Crippen LogP contribution in [0.4, 0.5) is 5.69 Å². The van der Waals surface area contributed by atoms with E-state index in [2.05, 4.69) is 26.1 Å². The third kappa shape index (κ3) is 4.32. The van der Waals surface area contributed by atoms with Crippen molar-refractivity contribution in [2.75, 3.05) is 39.6 Å². The molecule has 9 nitrogen and oxygen atoms in total. The van der Waals surface area contributed by atoms with Crippen LogP contribution in [0.15, 0.2) is 23.5 Å². The predicted octanol–water partition coefficient (Wildman–Crippen LogP) is 2.31. The summed E-state index contributed by atoms with van der Waals surface area (Å²) in [4.78, 5) is 30.1. The number of phenols is 1. The van der Waals surface area contributed by atoms with Gasteiger partial charge in [-0.05, 0) is 49.9 Å². The molecule has 1 fully saturated rings. The standard InChI is InChI=1S/C28H39N3O6/c1-27(2,3)13-29-12-15-10-18(30(4)5)16-8-14-9-17-23(31(6)7)19(32)11-20(33)28(17,37)26(36)21(14)25(35)22(16)24(15)34/h10-11,14,17,23,29,33-35,37H,8-9,12-13H2,1-7H3/t14?,17-,23-,28+/m0/s1. The number of likely N-dealkylation sites (N-methyl/N-ethyl adjacent to an activating group) is 1. The van der Waals surface area contributed by atoms with Crippen LogP contribution in [0.2, 0.25) is 0 Å². The second-order valence-corrected chi connectivity index (χ2v) is 12.3. The maximum Gasteiger partial charge on any atom is 0.202 e. The quantitative estimate of drug-likeness (QED) is 0.402. The van der Waals surface area contributed by atoms with E-state index in [4.69, 9.17) is 0 Å². The molecule has 0 amide bonds. The van der Waals surface area contributed by atoms with Crippen LogP contribution in [0, 0.1) is 17.3 Å². The van der Waals surface area contributed by atoms with E-state index in [1.165, 1.54) is 0 Å². The maximum atomic E-state index is 13.8. The Kier molecular flexibility index (Phi) is 6.72. The molecule has 0 saturated heterocycles. The summed E-state index contributed by atoms with van der Waals surface area (Å²) in [5.41, 5.74) is -0.0336. The number of benzene rings is 1. The number of Topliss-reactive ketones (excluding diaryl/α,β-unsaturated/α-hetero) is 1. The summed E-state index contributed by atoms with van der Waals surface area (Å²) in [6, 6.07) is 1.10. The Hall–Kier alpha value is -2.88. The molecule has 4 atom stereocenters. The fraction of sp³-hybridized carbons (Fsp3) is 0.571. The fourth-order valence-electron chi connectivity index (χ4n) is 6.15. The molecule has 1 aromatic carbocycles. The molecule has 0 aromatic heterocycles. The molecule has 9 heteroatoms. The molecule has 0 aliphatic heterocycles. The zero-order chi connectivity index (χ0) is 27.6. The minimum atomic E-state index is -2.33. The number of nitrogens with zero attached hydrogens (tertiary/aromatic N) is 2. The molecule has 1 aromatic rings. The Bertz CT molecular complexity index is 1210. The van der Waals surface area contributed by atoms with Gasteiger partial charge in [-0.1, -0.05) is 20.8 Å². The largest absolute Gasteiger partial charge is 0.509 e. The van der Waals surface area contributed by atoms with Crippen molar-refractivity contribution in [3.8, 4) is 5.75 Å². The molecule has 37 heavy (non-hydrogen) atoms. The Balaban J connectivity index is 1.86. The number of anilines is 1. The van der Waals surface area contributed by atoms with Crippen molar-refractivity contribution in [2.45, 2.75) is 51.8 Å². The molecule has 5 N–H and O–H groups in total. The SMILES string of the molecule is CN(C)c1cc(CNCC(C)(C)C)c(O)c2c1CC1C[C@H]3[C@H](N(C)C)C(=O)C=C(O)[C@@]3(O)C(=O)C1=C2O.